The lowest BCUT2D eigenvalue weighted by atomic mass is 9.94. The predicted molar refractivity (Wildman–Crippen MR) is 113 cm³/mol. The lowest BCUT2D eigenvalue weighted by Crippen LogP contribution is -2.32. The van der Waals surface area contributed by atoms with Crippen LogP contribution in [-0.4, -0.2) is 42.0 Å². The number of aryl methyl sites for hydroxylation is 2. The number of hydrogen-bond acceptors (Lipinski definition) is 4. The van der Waals surface area contributed by atoms with Crippen LogP contribution in [0.3, 0.4) is 0 Å². The number of amides is 1. The summed E-state index contributed by atoms with van der Waals surface area (Å²) in [5, 5.41) is 11.7. The summed E-state index contributed by atoms with van der Waals surface area (Å²) in [6, 6.07) is 9.49. The standard InChI is InChI=1S/C22H21Cl2NO4/c1-12-4-5-15(10-13(12)2)20(26)18-19(14-6-7-16(23)17(24)11-14)25(8-9-29-3)22(28)21(18)27/h4-7,10-11,19,26H,8-9H2,1-3H3/b20-18-. The van der Waals surface area contributed by atoms with E-state index in [4.69, 9.17) is 27.9 Å². The van der Waals surface area contributed by atoms with Gasteiger partial charge < -0.3 is 14.7 Å². The molecule has 2 aromatic rings. The second kappa shape index (κ2) is 8.57. The van der Waals surface area contributed by atoms with Gasteiger partial charge in [0.05, 0.1) is 28.3 Å². The number of rotatable bonds is 5. The van der Waals surface area contributed by atoms with Gasteiger partial charge in [-0.15, -0.1) is 0 Å². The topological polar surface area (TPSA) is 66.8 Å². The van der Waals surface area contributed by atoms with Crippen LogP contribution in [0, 0.1) is 13.8 Å². The molecule has 1 aliphatic heterocycles. The summed E-state index contributed by atoms with van der Waals surface area (Å²) in [6.45, 7) is 4.31. The Kier molecular flexibility index (Phi) is 6.32. The largest absolute Gasteiger partial charge is 0.507 e. The molecule has 0 spiro atoms. The fourth-order valence-electron chi connectivity index (χ4n) is 3.37. The fourth-order valence-corrected chi connectivity index (χ4v) is 3.68. The van der Waals surface area contributed by atoms with Crippen LogP contribution in [0.4, 0.5) is 0 Å². The lowest BCUT2D eigenvalue weighted by molar-refractivity contribution is -0.140. The third kappa shape index (κ3) is 4.04. The number of Topliss-reactive ketones (excluding diaryl/α,β-unsaturated/α-hetero) is 1. The van der Waals surface area contributed by atoms with Gasteiger partial charge in [0.25, 0.3) is 11.7 Å². The summed E-state index contributed by atoms with van der Waals surface area (Å²) in [4.78, 5) is 27.0. The maximum atomic E-state index is 12.9. The zero-order chi connectivity index (χ0) is 21.3. The number of carbonyl (C=O) groups excluding carboxylic acids is 2. The van der Waals surface area contributed by atoms with E-state index in [1.54, 1.807) is 30.3 Å². The Labute approximate surface area is 179 Å². The molecular weight excluding hydrogens is 413 g/mol. The molecule has 0 bridgehead atoms. The summed E-state index contributed by atoms with van der Waals surface area (Å²) in [7, 11) is 1.51. The SMILES string of the molecule is COCCN1C(=O)C(=O)/C(=C(\O)c2ccc(C)c(C)c2)C1c1ccc(Cl)c(Cl)c1. The van der Waals surface area contributed by atoms with Crippen molar-refractivity contribution >= 4 is 40.7 Å². The van der Waals surface area contributed by atoms with Gasteiger partial charge in [-0.1, -0.05) is 41.4 Å². The van der Waals surface area contributed by atoms with Crippen molar-refractivity contribution in [2.45, 2.75) is 19.9 Å². The number of nitrogens with zero attached hydrogens (tertiary/aromatic N) is 1. The van der Waals surface area contributed by atoms with Crippen molar-refractivity contribution in [2.75, 3.05) is 20.3 Å². The Balaban J connectivity index is 2.20. The molecule has 152 valence electrons. The van der Waals surface area contributed by atoms with Crippen LogP contribution >= 0.6 is 23.2 Å². The van der Waals surface area contributed by atoms with Gasteiger partial charge in [-0.05, 0) is 48.7 Å². The van der Waals surface area contributed by atoms with Crippen molar-refractivity contribution in [1.29, 1.82) is 0 Å². The highest BCUT2D eigenvalue weighted by molar-refractivity contribution is 6.46. The van der Waals surface area contributed by atoms with Gasteiger partial charge in [-0.2, -0.15) is 0 Å². The van der Waals surface area contributed by atoms with Gasteiger partial charge in [0.2, 0.25) is 0 Å². The molecule has 2 aromatic carbocycles. The highest BCUT2D eigenvalue weighted by Gasteiger charge is 2.46. The van der Waals surface area contributed by atoms with Gasteiger partial charge in [0, 0.05) is 19.2 Å². The number of ether oxygens (including phenoxy) is 1. The first kappa shape index (κ1) is 21.4. The summed E-state index contributed by atoms with van der Waals surface area (Å²) < 4.78 is 5.09. The molecule has 1 aliphatic rings. The Morgan fingerprint density at radius 3 is 2.41 bits per heavy atom. The third-order valence-electron chi connectivity index (χ3n) is 5.12. The fraction of sp³-hybridized carbons (Fsp3) is 0.273. The van der Waals surface area contributed by atoms with E-state index in [2.05, 4.69) is 0 Å². The Hall–Kier alpha value is -2.34. The number of aliphatic hydroxyl groups is 1. The van der Waals surface area contributed by atoms with Crippen LogP contribution in [0.25, 0.3) is 5.76 Å². The zero-order valence-corrected chi connectivity index (χ0v) is 17.8. The molecule has 0 aliphatic carbocycles. The van der Waals surface area contributed by atoms with E-state index in [1.165, 1.54) is 12.0 Å². The molecule has 1 atom stereocenters. The lowest BCUT2D eigenvalue weighted by Gasteiger charge is -2.25. The predicted octanol–water partition coefficient (Wildman–Crippen LogP) is 4.68. The molecule has 0 saturated carbocycles. The highest BCUT2D eigenvalue weighted by Crippen LogP contribution is 2.40. The van der Waals surface area contributed by atoms with Crippen molar-refractivity contribution in [1.82, 2.24) is 4.90 Å². The average molecular weight is 434 g/mol. The van der Waals surface area contributed by atoms with Gasteiger partial charge in [-0.25, -0.2) is 0 Å². The Morgan fingerprint density at radius 1 is 1.07 bits per heavy atom. The first-order valence-corrected chi connectivity index (χ1v) is 9.81. The van der Waals surface area contributed by atoms with Crippen LogP contribution < -0.4 is 0 Å². The Bertz CT molecular complexity index is 1020. The first-order valence-electron chi connectivity index (χ1n) is 9.06. The van der Waals surface area contributed by atoms with Gasteiger partial charge in [0.1, 0.15) is 5.76 Å². The molecule has 3 rings (SSSR count). The van der Waals surface area contributed by atoms with Gasteiger partial charge >= 0.3 is 0 Å². The molecule has 0 aromatic heterocycles. The van der Waals surface area contributed by atoms with Crippen molar-refractivity contribution in [2.24, 2.45) is 0 Å². The minimum atomic E-state index is -0.790. The van der Waals surface area contributed by atoms with E-state index in [-0.39, 0.29) is 24.5 Å². The molecule has 1 unspecified atom stereocenters. The van der Waals surface area contributed by atoms with Gasteiger partial charge in [0.15, 0.2) is 0 Å². The van der Waals surface area contributed by atoms with Crippen LogP contribution in [0.15, 0.2) is 42.0 Å². The average Bonchev–Trinajstić information content (AvgIpc) is 2.94. The van der Waals surface area contributed by atoms with Crippen molar-refractivity contribution in [3.05, 3.63) is 74.3 Å². The molecule has 5 nitrogen and oxygen atoms in total. The molecule has 1 heterocycles. The number of halogens is 2. The number of carbonyl (C=O) groups is 2. The van der Waals surface area contributed by atoms with E-state index >= 15 is 0 Å². The summed E-state index contributed by atoms with van der Waals surface area (Å²) in [6.07, 6.45) is 0. The number of ketones is 1. The van der Waals surface area contributed by atoms with Crippen molar-refractivity contribution in [3.63, 3.8) is 0 Å². The van der Waals surface area contributed by atoms with E-state index in [9.17, 15) is 14.7 Å². The van der Waals surface area contributed by atoms with E-state index < -0.39 is 17.7 Å². The Morgan fingerprint density at radius 2 is 1.79 bits per heavy atom. The van der Waals surface area contributed by atoms with Crippen LogP contribution in [0.1, 0.15) is 28.3 Å². The minimum absolute atomic E-state index is 0.0211. The maximum Gasteiger partial charge on any atom is 0.295 e. The van der Waals surface area contributed by atoms with E-state index in [1.807, 2.05) is 19.9 Å². The minimum Gasteiger partial charge on any atom is -0.507 e. The number of aliphatic hydroxyl groups excluding tert-OH is 1. The van der Waals surface area contributed by atoms with Crippen molar-refractivity contribution in [3.8, 4) is 0 Å². The first-order chi connectivity index (χ1) is 13.8. The van der Waals surface area contributed by atoms with E-state index in [0.29, 0.717) is 21.2 Å². The highest BCUT2D eigenvalue weighted by atomic mass is 35.5. The molecule has 29 heavy (non-hydrogen) atoms. The smallest absolute Gasteiger partial charge is 0.295 e. The second-order valence-corrected chi connectivity index (χ2v) is 7.77. The number of hydrogen-bond donors (Lipinski definition) is 1. The molecule has 0 radical (unpaired) electrons. The monoisotopic (exact) mass is 433 g/mol. The molecule has 7 heteroatoms. The van der Waals surface area contributed by atoms with Crippen LogP contribution in [0.2, 0.25) is 10.0 Å². The zero-order valence-electron chi connectivity index (χ0n) is 16.3. The molecule has 1 saturated heterocycles. The normalized spacial score (nSPS) is 18.5. The quantitative estimate of drug-likeness (QED) is 0.422. The summed E-state index contributed by atoms with van der Waals surface area (Å²) in [5.41, 5.74) is 3.10. The number of methoxy groups -OCH3 is 1. The molecule has 1 fully saturated rings. The molecule has 1 amide bonds. The molecular formula is C22H21Cl2NO4. The van der Waals surface area contributed by atoms with Crippen LogP contribution in [-0.2, 0) is 14.3 Å². The molecule has 1 N–H and O–H groups in total. The summed E-state index contributed by atoms with van der Waals surface area (Å²) in [5.74, 6) is -1.65. The van der Waals surface area contributed by atoms with Crippen LogP contribution in [0.5, 0.6) is 0 Å². The van der Waals surface area contributed by atoms with Gasteiger partial charge in [-0.3, -0.25) is 9.59 Å². The second-order valence-electron chi connectivity index (χ2n) is 6.96. The third-order valence-corrected chi connectivity index (χ3v) is 5.86. The number of benzene rings is 2. The summed E-state index contributed by atoms with van der Waals surface area (Å²) >= 11 is 12.2. The maximum absolute atomic E-state index is 12.9. The van der Waals surface area contributed by atoms with E-state index in [0.717, 1.165) is 11.1 Å². The number of likely N-dealkylation sites (tertiary alicyclic amines) is 1. The van der Waals surface area contributed by atoms with Crippen molar-refractivity contribution < 1.29 is 19.4 Å².